The first-order chi connectivity index (χ1) is 14.9. The van der Waals surface area contributed by atoms with Gasteiger partial charge in [-0.3, -0.25) is 0 Å². The predicted molar refractivity (Wildman–Crippen MR) is 109 cm³/mol. The Hall–Kier alpha value is -3.24. The molecule has 1 N–H and O–H groups in total. The monoisotopic (exact) mass is 436 g/mol. The lowest BCUT2D eigenvalue weighted by Crippen LogP contribution is -2.50. The fraction of sp³-hybridized carbons (Fsp3) is 0.450. The zero-order valence-electron chi connectivity index (χ0n) is 16.8. The number of carbonyl (C=O) groups is 1. The standard InChI is InChI=1S/C20H23F3N6O2/c21-20(22,23)31-16-5-3-15(4-6-16)26-19(30)29-11-9-28(10-12-29)18-13-17(24-14-25-18)27-7-1-2-8-27/h3-6,13-14H,1-2,7-12H2,(H,26,30). The molecule has 0 radical (unpaired) electrons. The summed E-state index contributed by atoms with van der Waals surface area (Å²) in [6.07, 6.45) is -0.825. The number of carbonyl (C=O) groups excluding carboxylic acids is 1. The van der Waals surface area contributed by atoms with E-state index in [2.05, 4.69) is 29.8 Å². The molecule has 31 heavy (non-hydrogen) atoms. The maximum atomic E-state index is 12.5. The van der Waals surface area contributed by atoms with E-state index < -0.39 is 6.36 Å². The third kappa shape index (κ3) is 5.47. The largest absolute Gasteiger partial charge is 0.573 e. The minimum Gasteiger partial charge on any atom is -0.406 e. The molecule has 166 valence electrons. The molecule has 11 heteroatoms. The summed E-state index contributed by atoms with van der Waals surface area (Å²) in [6.45, 7) is 4.28. The van der Waals surface area contributed by atoms with Crippen LogP contribution in [0.5, 0.6) is 5.75 Å². The first-order valence-corrected chi connectivity index (χ1v) is 10.1. The van der Waals surface area contributed by atoms with Gasteiger partial charge < -0.3 is 24.8 Å². The molecule has 0 atom stereocenters. The van der Waals surface area contributed by atoms with Gasteiger partial charge in [0.1, 0.15) is 23.7 Å². The number of nitrogens with one attached hydrogen (secondary N) is 1. The van der Waals surface area contributed by atoms with Gasteiger partial charge in [-0.2, -0.15) is 0 Å². The molecule has 2 saturated heterocycles. The van der Waals surface area contributed by atoms with Crippen LogP contribution in [-0.2, 0) is 0 Å². The van der Waals surface area contributed by atoms with E-state index in [4.69, 9.17) is 0 Å². The lowest BCUT2D eigenvalue weighted by Gasteiger charge is -2.35. The Labute approximate surface area is 177 Å². The lowest BCUT2D eigenvalue weighted by atomic mass is 10.3. The predicted octanol–water partition coefficient (Wildman–Crippen LogP) is 3.33. The Balaban J connectivity index is 1.29. The highest BCUT2D eigenvalue weighted by atomic mass is 19.4. The van der Waals surface area contributed by atoms with Crippen molar-refractivity contribution in [2.45, 2.75) is 19.2 Å². The number of anilines is 3. The van der Waals surface area contributed by atoms with Crippen molar-refractivity contribution in [3.8, 4) is 5.75 Å². The summed E-state index contributed by atoms with van der Waals surface area (Å²) in [5.74, 6) is 1.44. The Kier molecular flexibility index (Phi) is 6.01. The van der Waals surface area contributed by atoms with Crippen molar-refractivity contribution in [1.29, 1.82) is 0 Å². The molecule has 0 bridgehead atoms. The third-order valence-corrected chi connectivity index (χ3v) is 5.30. The molecule has 2 aliphatic heterocycles. The molecule has 2 amide bonds. The molecule has 1 aromatic heterocycles. The van der Waals surface area contributed by atoms with Gasteiger partial charge in [0.05, 0.1) is 0 Å². The quantitative estimate of drug-likeness (QED) is 0.793. The van der Waals surface area contributed by atoms with Gasteiger partial charge in [-0.15, -0.1) is 13.2 Å². The highest BCUT2D eigenvalue weighted by Gasteiger charge is 2.31. The molecule has 3 heterocycles. The van der Waals surface area contributed by atoms with Crippen LogP contribution in [-0.4, -0.2) is 66.5 Å². The van der Waals surface area contributed by atoms with Gasteiger partial charge in [0.15, 0.2) is 0 Å². The second-order valence-corrected chi connectivity index (χ2v) is 7.40. The molecule has 0 spiro atoms. The van der Waals surface area contributed by atoms with Crippen LogP contribution in [0, 0.1) is 0 Å². The normalized spacial score (nSPS) is 17.1. The molecule has 0 saturated carbocycles. The maximum absolute atomic E-state index is 12.5. The minimum atomic E-state index is -4.75. The molecule has 2 fully saturated rings. The molecule has 2 aromatic rings. The topological polar surface area (TPSA) is 73.8 Å². The summed E-state index contributed by atoms with van der Waals surface area (Å²) in [5.41, 5.74) is 0.396. The molecule has 2 aliphatic rings. The number of hydrogen-bond acceptors (Lipinski definition) is 6. The van der Waals surface area contributed by atoms with Gasteiger partial charge in [0.2, 0.25) is 0 Å². The zero-order chi connectivity index (χ0) is 21.8. The molecule has 4 rings (SSSR count). The number of benzene rings is 1. The zero-order valence-corrected chi connectivity index (χ0v) is 16.8. The van der Waals surface area contributed by atoms with Crippen LogP contribution in [0.1, 0.15) is 12.8 Å². The minimum absolute atomic E-state index is 0.301. The van der Waals surface area contributed by atoms with Gasteiger partial charge in [-0.25, -0.2) is 14.8 Å². The summed E-state index contributed by atoms with van der Waals surface area (Å²) in [6, 6.07) is 6.75. The molecular weight excluding hydrogens is 413 g/mol. The average Bonchev–Trinajstić information content (AvgIpc) is 3.29. The number of rotatable bonds is 4. The number of halogens is 3. The van der Waals surface area contributed by atoms with E-state index in [9.17, 15) is 18.0 Å². The van der Waals surface area contributed by atoms with E-state index in [0.717, 1.165) is 36.9 Å². The second kappa shape index (κ2) is 8.86. The fourth-order valence-corrected chi connectivity index (χ4v) is 3.71. The first-order valence-electron chi connectivity index (χ1n) is 10.1. The van der Waals surface area contributed by atoms with E-state index in [1.54, 1.807) is 11.2 Å². The second-order valence-electron chi connectivity index (χ2n) is 7.40. The lowest BCUT2D eigenvalue weighted by molar-refractivity contribution is -0.274. The average molecular weight is 436 g/mol. The van der Waals surface area contributed by atoms with E-state index >= 15 is 0 Å². The number of ether oxygens (including phenoxy) is 1. The van der Waals surface area contributed by atoms with Crippen LogP contribution in [0.2, 0.25) is 0 Å². The van der Waals surface area contributed by atoms with Crippen LogP contribution in [0.25, 0.3) is 0 Å². The van der Waals surface area contributed by atoms with Crippen LogP contribution in [0.15, 0.2) is 36.7 Å². The van der Waals surface area contributed by atoms with Crippen molar-refractivity contribution in [2.24, 2.45) is 0 Å². The van der Waals surface area contributed by atoms with Crippen LogP contribution in [0.3, 0.4) is 0 Å². The highest BCUT2D eigenvalue weighted by Crippen LogP contribution is 2.25. The Bertz CT molecular complexity index is 895. The number of aromatic nitrogens is 2. The number of alkyl halides is 3. The first kappa shape index (κ1) is 21.0. The highest BCUT2D eigenvalue weighted by molar-refractivity contribution is 5.89. The van der Waals surface area contributed by atoms with E-state index in [1.807, 2.05) is 6.07 Å². The Morgan fingerprint density at radius 2 is 1.48 bits per heavy atom. The fourth-order valence-electron chi connectivity index (χ4n) is 3.71. The van der Waals surface area contributed by atoms with Crippen molar-refractivity contribution >= 4 is 23.4 Å². The third-order valence-electron chi connectivity index (χ3n) is 5.30. The molecule has 0 aliphatic carbocycles. The Morgan fingerprint density at radius 1 is 0.903 bits per heavy atom. The van der Waals surface area contributed by atoms with Crippen LogP contribution >= 0.6 is 0 Å². The van der Waals surface area contributed by atoms with Crippen molar-refractivity contribution in [2.75, 3.05) is 54.4 Å². The van der Waals surface area contributed by atoms with E-state index in [1.165, 1.54) is 25.0 Å². The summed E-state index contributed by atoms with van der Waals surface area (Å²) in [5, 5.41) is 2.70. The van der Waals surface area contributed by atoms with Gasteiger partial charge in [-0.05, 0) is 37.1 Å². The summed E-state index contributed by atoms with van der Waals surface area (Å²) in [7, 11) is 0. The van der Waals surface area contributed by atoms with Crippen molar-refractivity contribution in [1.82, 2.24) is 14.9 Å². The van der Waals surface area contributed by atoms with Gasteiger partial charge >= 0.3 is 12.4 Å². The number of nitrogens with zero attached hydrogens (tertiary/aromatic N) is 5. The SMILES string of the molecule is O=C(Nc1ccc(OC(F)(F)F)cc1)N1CCN(c2cc(N3CCCC3)ncn2)CC1. The van der Waals surface area contributed by atoms with E-state index in [0.29, 0.717) is 31.9 Å². The number of hydrogen-bond donors (Lipinski definition) is 1. The van der Waals surface area contributed by atoms with Crippen molar-refractivity contribution < 1.29 is 22.7 Å². The van der Waals surface area contributed by atoms with Crippen LogP contribution < -0.4 is 19.9 Å². The van der Waals surface area contributed by atoms with Crippen LogP contribution in [0.4, 0.5) is 35.3 Å². The van der Waals surface area contributed by atoms with Crippen molar-refractivity contribution in [3.63, 3.8) is 0 Å². The van der Waals surface area contributed by atoms with E-state index in [-0.39, 0.29) is 11.8 Å². The molecule has 8 nitrogen and oxygen atoms in total. The number of amides is 2. The molecule has 1 aromatic carbocycles. The summed E-state index contributed by atoms with van der Waals surface area (Å²) >= 11 is 0. The summed E-state index contributed by atoms with van der Waals surface area (Å²) < 4.78 is 40.5. The smallest absolute Gasteiger partial charge is 0.406 e. The molecular formula is C20H23F3N6O2. The Morgan fingerprint density at radius 3 is 2.06 bits per heavy atom. The summed E-state index contributed by atoms with van der Waals surface area (Å²) in [4.78, 5) is 27.3. The maximum Gasteiger partial charge on any atom is 0.573 e. The number of urea groups is 1. The number of piperazine rings is 1. The molecule has 0 unspecified atom stereocenters. The van der Waals surface area contributed by atoms with Gasteiger partial charge in [0, 0.05) is 51.0 Å². The van der Waals surface area contributed by atoms with Gasteiger partial charge in [-0.1, -0.05) is 0 Å². The van der Waals surface area contributed by atoms with Crippen molar-refractivity contribution in [3.05, 3.63) is 36.7 Å². The van der Waals surface area contributed by atoms with Gasteiger partial charge in [0.25, 0.3) is 0 Å².